The minimum absolute atomic E-state index is 0.0967. The van der Waals surface area contributed by atoms with Crippen molar-refractivity contribution in [2.24, 2.45) is 0 Å². The monoisotopic (exact) mass is 921 g/mol. The van der Waals surface area contributed by atoms with Gasteiger partial charge in [0.2, 0.25) is 0 Å². The van der Waals surface area contributed by atoms with Crippen LogP contribution in [0.15, 0.2) is 72.9 Å². The fourth-order valence-electron chi connectivity index (χ4n) is 7.72. The van der Waals surface area contributed by atoms with E-state index in [0.717, 1.165) is 70.6 Å². The lowest BCUT2D eigenvalue weighted by Gasteiger charge is -2.18. The quantitative estimate of drug-likeness (QED) is 0.0199. The Kier molecular flexibility index (Phi) is 51.9. The predicted octanol–water partition coefficient (Wildman–Crippen LogP) is 18.6. The highest BCUT2D eigenvalue weighted by molar-refractivity contribution is 5.71. The lowest BCUT2D eigenvalue weighted by Crippen LogP contribution is -2.30. The summed E-state index contributed by atoms with van der Waals surface area (Å²) in [6.45, 7) is 6.54. The summed E-state index contributed by atoms with van der Waals surface area (Å²) in [6.07, 6.45) is 68.9. The summed E-state index contributed by atoms with van der Waals surface area (Å²) in [4.78, 5) is 38.1. The van der Waals surface area contributed by atoms with Crippen LogP contribution in [0.3, 0.4) is 0 Å². The van der Waals surface area contributed by atoms with E-state index in [2.05, 4.69) is 93.7 Å². The summed E-state index contributed by atoms with van der Waals surface area (Å²) in [7, 11) is 0. The topological polar surface area (TPSA) is 78.9 Å². The van der Waals surface area contributed by atoms with Crippen LogP contribution in [-0.2, 0) is 28.6 Å². The van der Waals surface area contributed by atoms with Crippen LogP contribution in [-0.4, -0.2) is 37.2 Å². The molecule has 1 atom stereocenters. The summed E-state index contributed by atoms with van der Waals surface area (Å²) in [5.41, 5.74) is 0. The Morgan fingerprint density at radius 1 is 0.318 bits per heavy atom. The zero-order valence-electron chi connectivity index (χ0n) is 43.4. The van der Waals surface area contributed by atoms with E-state index in [4.69, 9.17) is 14.2 Å². The molecule has 0 aliphatic heterocycles. The first-order valence-electron chi connectivity index (χ1n) is 28.0. The van der Waals surface area contributed by atoms with Gasteiger partial charge in [-0.15, -0.1) is 0 Å². The lowest BCUT2D eigenvalue weighted by molar-refractivity contribution is -0.167. The summed E-state index contributed by atoms with van der Waals surface area (Å²) < 4.78 is 16.8. The molecule has 0 aliphatic carbocycles. The minimum Gasteiger partial charge on any atom is -0.462 e. The zero-order valence-corrected chi connectivity index (χ0v) is 43.4. The third-order valence-corrected chi connectivity index (χ3v) is 12.0. The number of hydrogen-bond acceptors (Lipinski definition) is 6. The van der Waals surface area contributed by atoms with Crippen LogP contribution in [0.2, 0.25) is 0 Å². The number of carbonyl (C=O) groups excluding carboxylic acids is 3. The highest BCUT2D eigenvalue weighted by Gasteiger charge is 2.19. The molecule has 0 saturated heterocycles. The van der Waals surface area contributed by atoms with Gasteiger partial charge in [0.25, 0.3) is 0 Å². The van der Waals surface area contributed by atoms with E-state index in [1.54, 1.807) is 0 Å². The highest BCUT2D eigenvalue weighted by atomic mass is 16.6. The maximum absolute atomic E-state index is 12.8. The van der Waals surface area contributed by atoms with Crippen molar-refractivity contribution >= 4 is 17.9 Å². The second-order valence-corrected chi connectivity index (χ2v) is 18.5. The largest absolute Gasteiger partial charge is 0.462 e. The molecule has 0 N–H and O–H groups in total. The molecule has 6 heteroatoms. The lowest BCUT2D eigenvalue weighted by atomic mass is 10.0. The van der Waals surface area contributed by atoms with Gasteiger partial charge in [-0.1, -0.05) is 241 Å². The van der Waals surface area contributed by atoms with Crippen molar-refractivity contribution in [2.75, 3.05) is 13.2 Å². The van der Waals surface area contributed by atoms with Gasteiger partial charge in [0.1, 0.15) is 13.2 Å². The molecule has 66 heavy (non-hydrogen) atoms. The second kappa shape index (κ2) is 54.5. The molecule has 380 valence electrons. The number of esters is 3. The van der Waals surface area contributed by atoms with Gasteiger partial charge in [-0.05, 0) is 83.5 Å². The number of rotatable bonds is 50. The first-order valence-corrected chi connectivity index (χ1v) is 28.0. The van der Waals surface area contributed by atoms with E-state index < -0.39 is 6.10 Å². The Morgan fingerprint density at radius 3 is 1.03 bits per heavy atom. The molecule has 0 aromatic carbocycles. The molecule has 0 bridgehead atoms. The van der Waals surface area contributed by atoms with Crippen molar-refractivity contribution < 1.29 is 28.6 Å². The van der Waals surface area contributed by atoms with Crippen molar-refractivity contribution in [3.63, 3.8) is 0 Å². The molecule has 0 saturated carbocycles. The van der Waals surface area contributed by atoms with Crippen molar-refractivity contribution in [3.05, 3.63) is 72.9 Å². The van der Waals surface area contributed by atoms with Gasteiger partial charge in [0, 0.05) is 19.3 Å². The normalized spacial score (nSPS) is 12.6. The molecule has 0 radical (unpaired) electrons. The van der Waals surface area contributed by atoms with Crippen molar-refractivity contribution in [3.8, 4) is 0 Å². The third kappa shape index (κ3) is 51.8. The fourth-order valence-corrected chi connectivity index (χ4v) is 7.72. The van der Waals surface area contributed by atoms with Crippen LogP contribution in [0.1, 0.15) is 271 Å². The van der Waals surface area contributed by atoms with E-state index in [-0.39, 0.29) is 37.5 Å². The molecular weight excluding hydrogens is 817 g/mol. The predicted molar refractivity (Wildman–Crippen MR) is 284 cm³/mol. The van der Waals surface area contributed by atoms with Crippen molar-refractivity contribution in [2.45, 2.75) is 277 Å². The van der Waals surface area contributed by atoms with E-state index >= 15 is 0 Å². The first kappa shape index (κ1) is 62.8. The standard InChI is InChI=1S/C60H104O6/c1-4-7-10-13-16-19-22-25-28-30-33-35-38-41-44-47-50-53-59(62)65-56-57(55-64-58(61)52-49-46-43-40-37-34-31-27-24-21-18-15-12-9-6-3)66-60(63)54-51-48-45-42-39-36-32-29-26-23-20-17-14-11-8-5-2/h16,18-19,21,24-25,27-28,33,35,41,44,57H,4-15,17,20,22-23,26,29-32,34,36-40,42-43,45-56H2,1-3H3/b19-16-,21-18-,27-24-,28-25-,35-33-,44-41-. The Balaban J connectivity index is 4.47. The van der Waals surface area contributed by atoms with E-state index in [1.807, 2.05) is 0 Å². The Morgan fingerprint density at radius 2 is 0.606 bits per heavy atom. The number of ether oxygens (including phenoxy) is 3. The van der Waals surface area contributed by atoms with Gasteiger partial charge in [-0.25, -0.2) is 0 Å². The molecule has 0 rings (SSSR count). The maximum Gasteiger partial charge on any atom is 0.306 e. The van der Waals surface area contributed by atoms with Crippen LogP contribution in [0.4, 0.5) is 0 Å². The fraction of sp³-hybridized carbons (Fsp3) is 0.750. The SMILES string of the molecule is CCCCC/C=C\C=C/CCCCCCCCC(=O)OCC(COC(=O)CCC/C=C\C/C=C\C/C=C\C/C=C\CCCCC)OC(=O)CCCCCCCCCCCCCCCCCC. The van der Waals surface area contributed by atoms with E-state index in [1.165, 1.54) is 154 Å². The maximum atomic E-state index is 12.8. The molecule has 0 spiro atoms. The third-order valence-electron chi connectivity index (χ3n) is 12.0. The van der Waals surface area contributed by atoms with Crippen LogP contribution in [0, 0.1) is 0 Å². The van der Waals surface area contributed by atoms with Crippen LogP contribution < -0.4 is 0 Å². The van der Waals surface area contributed by atoms with Crippen molar-refractivity contribution in [1.29, 1.82) is 0 Å². The Hall–Kier alpha value is -3.15. The average Bonchev–Trinajstić information content (AvgIpc) is 3.31. The average molecular weight is 921 g/mol. The summed E-state index contributed by atoms with van der Waals surface area (Å²) in [5.74, 6) is -0.957. The molecule has 0 heterocycles. The van der Waals surface area contributed by atoms with Gasteiger partial charge in [-0.3, -0.25) is 14.4 Å². The van der Waals surface area contributed by atoms with E-state index in [0.29, 0.717) is 19.3 Å². The molecule has 0 aliphatic rings. The molecule has 1 unspecified atom stereocenters. The van der Waals surface area contributed by atoms with Crippen LogP contribution in [0.5, 0.6) is 0 Å². The Bertz CT molecular complexity index is 1240. The minimum atomic E-state index is -0.800. The number of hydrogen-bond donors (Lipinski definition) is 0. The van der Waals surface area contributed by atoms with Gasteiger partial charge in [-0.2, -0.15) is 0 Å². The molecule has 6 nitrogen and oxygen atoms in total. The summed E-state index contributed by atoms with van der Waals surface area (Å²) >= 11 is 0. The van der Waals surface area contributed by atoms with Gasteiger partial charge in [0.05, 0.1) is 0 Å². The molecule has 0 amide bonds. The smallest absolute Gasteiger partial charge is 0.306 e. The van der Waals surface area contributed by atoms with Gasteiger partial charge >= 0.3 is 17.9 Å². The molecular formula is C60H104O6. The van der Waals surface area contributed by atoms with Crippen LogP contribution >= 0.6 is 0 Å². The number of unbranched alkanes of at least 4 members (excludes halogenated alkanes) is 28. The first-order chi connectivity index (χ1) is 32.5. The van der Waals surface area contributed by atoms with Gasteiger partial charge in [0.15, 0.2) is 6.10 Å². The number of allylic oxidation sites excluding steroid dienone is 12. The number of carbonyl (C=O) groups is 3. The van der Waals surface area contributed by atoms with Crippen LogP contribution in [0.25, 0.3) is 0 Å². The van der Waals surface area contributed by atoms with E-state index in [9.17, 15) is 14.4 Å². The van der Waals surface area contributed by atoms with Gasteiger partial charge < -0.3 is 14.2 Å². The Labute approximate surface area is 408 Å². The molecule has 0 aromatic heterocycles. The molecule has 0 fully saturated rings. The highest BCUT2D eigenvalue weighted by Crippen LogP contribution is 2.15. The zero-order chi connectivity index (χ0) is 47.9. The summed E-state index contributed by atoms with van der Waals surface area (Å²) in [5, 5.41) is 0. The second-order valence-electron chi connectivity index (χ2n) is 18.5. The summed E-state index contributed by atoms with van der Waals surface area (Å²) in [6, 6.07) is 0. The molecule has 0 aromatic rings. The van der Waals surface area contributed by atoms with Crippen molar-refractivity contribution in [1.82, 2.24) is 0 Å².